The number of non-ortho nitro benzene ring substituents is 1. The molecule has 7 nitrogen and oxygen atoms in total. The molecule has 0 bridgehead atoms. The van der Waals surface area contributed by atoms with E-state index in [-0.39, 0.29) is 22.9 Å². The molecule has 9 heteroatoms. The molecule has 2 aliphatic rings. The van der Waals surface area contributed by atoms with E-state index in [0.29, 0.717) is 47.0 Å². The van der Waals surface area contributed by atoms with E-state index in [2.05, 4.69) is 12.1 Å². The van der Waals surface area contributed by atoms with Gasteiger partial charge in [0, 0.05) is 45.5 Å². The Bertz CT molecular complexity index is 1690. The molecule has 5 rings (SSSR count). The highest BCUT2D eigenvalue weighted by molar-refractivity contribution is 7.98. The summed E-state index contributed by atoms with van der Waals surface area (Å²) in [6.07, 6.45) is 1.59. The number of Topliss-reactive ketones (excluding diaryl/α,β-unsaturated/α-hetero) is 1. The lowest BCUT2D eigenvalue weighted by Crippen LogP contribution is -2.39. The molecular weight excluding hydrogens is 556 g/mol. The minimum atomic E-state index is -0.614. The van der Waals surface area contributed by atoms with Crippen molar-refractivity contribution in [3.05, 3.63) is 120 Å². The summed E-state index contributed by atoms with van der Waals surface area (Å²) in [7, 11) is 0. The van der Waals surface area contributed by atoms with Crippen molar-refractivity contribution in [1.82, 2.24) is 0 Å². The molecule has 1 aliphatic heterocycles. The molecule has 208 valence electrons. The van der Waals surface area contributed by atoms with Crippen molar-refractivity contribution in [3.8, 4) is 6.07 Å². The molecule has 0 saturated carbocycles. The molecule has 1 aliphatic carbocycles. The number of halogens is 1. The Morgan fingerprint density at radius 1 is 1.12 bits per heavy atom. The zero-order valence-corrected chi connectivity index (χ0v) is 24.6. The first-order valence-electron chi connectivity index (χ1n) is 13.3. The molecule has 41 heavy (non-hydrogen) atoms. The summed E-state index contributed by atoms with van der Waals surface area (Å²) in [4.78, 5) is 27.6. The van der Waals surface area contributed by atoms with Gasteiger partial charge >= 0.3 is 0 Å². The van der Waals surface area contributed by atoms with Crippen molar-refractivity contribution >= 4 is 40.5 Å². The summed E-state index contributed by atoms with van der Waals surface area (Å²) >= 11 is 7.74. The fourth-order valence-electron chi connectivity index (χ4n) is 5.73. The van der Waals surface area contributed by atoms with Crippen LogP contribution in [0.2, 0.25) is 5.02 Å². The number of nitro groups is 1. The van der Waals surface area contributed by atoms with Gasteiger partial charge in [-0.3, -0.25) is 19.8 Å². The van der Waals surface area contributed by atoms with Gasteiger partial charge in [0.1, 0.15) is 5.82 Å². The van der Waals surface area contributed by atoms with Gasteiger partial charge in [0.25, 0.3) is 5.69 Å². The van der Waals surface area contributed by atoms with Crippen molar-refractivity contribution in [2.45, 2.75) is 56.6 Å². The second kappa shape index (κ2) is 11.4. The molecular formula is C32H29ClN4O3S. The first-order valence-corrected chi connectivity index (χ1v) is 14.7. The molecule has 0 amide bonds. The average Bonchev–Trinajstić information content (AvgIpc) is 2.94. The number of rotatable bonds is 6. The van der Waals surface area contributed by atoms with Gasteiger partial charge in [0.2, 0.25) is 0 Å². The van der Waals surface area contributed by atoms with Crippen LogP contribution in [0, 0.1) is 42.2 Å². The SMILES string of the molecule is Cc1cc(CSc2ccc(Cl)cc2)c(C)c(C2C(C#N)=C(N)N(c3cc([N+](=O)[O-])ccc3C)C3=C2C(=O)CCC3)c1. The number of benzene rings is 3. The topological polar surface area (TPSA) is 113 Å². The number of aryl methyl sites for hydroxylation is 2. The number of ketones is 1. The third-order valence-electron chi connectivity index (χ3n) is 7.78. The van der Waals surface area contributed by atoms with Crippen LogP contribution >= 0.6 is 23.4 Å². The number of hydrogen-bond acceptors (Lipinski definition) is 7. The van der Waals surface area contributed by atoms with E-state index in [1.807, 2.05) is 51.1 Å². The lowest BCUT2D eigenvalue weighted by Gasteiger charge is -2.40. The Morgan fingerprint density at radius 2 is 1.85 bits per heavy atom. The summed E-state index contributed by atoms with van der Waals surface area (Å²) < 4.78 is 0. The van der Waals surface area contributed by atoms with Gasteiger partial charge in [-0.15, -0.1) is 11.8 Å². The first-order chi connectivity index (χ1) is 19.6. The maximum absolute atomic E-state index is 13.7. The predicted octanol–water partition coefficient (Wildman–Crippen LogP) is 7.77. The number of thioether (sulfide) groups is 1. The summed E-state index contributed by atoms with van der Waals surface area (Å²) in [5.41, 5.74) is 13.5. The summed E-state index contributed by atoms with van der Waals surface area (Å²) in [5.74, 6) is 0.266. The maximum atomic E-state index is 13.7. The van der Waals surface area contributed by atoms with Gasteiger partial charge < -0.3 is 5.73 Å². The van der Waals surface area contributed by atoms with Crippen molar-refractivity contribution in [1.29, 1.82) is 5.26 Å². The van der Waals surface area contributed by atoms with Gasteiger partial charge in [-0.2, -0.15) is 5.26 Å². The number of anilines is 1. The van der Waals surface area contributed by atoms with Crippen LogP contribution < -0.4 is 10.6 Å². The molecule has 1 atom stereocenters. The van der Waals surface area contributed by atoms with E-state index >= 15 is 0 Å². The number of hydrogen-bond donors (Lipinski definition) is 1. The fourth-order valence-corrected chi connectivity index (χ4v) is 6.81. The van der Waals surface area contributed by atoms with Crippen LogP contribution in [-0.4, -0.2) is 10.7 Å². The molecule has 2 N–H and O–H groups in total. The molecule has 0 radical (unpaired) electrons. The second-order valence-corrected chi connectivity index (χ2v) is 11.9. The van der Waals surface area contributed by atoms with Gasteiger partial charge in [-0.25, -0.2) is 0 Å². The van der Waals surface area contributed by atoms with Crippen LogP contribution in [0.5, 0.6) is 0 Å². The second-order valence-electron chi connectivity index (χ2n) is 10.4. The van der Waals surface area contributed by atoms with Crippen molar-refractivity contribution in [2.24, 2.45) is 5.73 Å². The molecule has 0 aromatic heterocycles. The third kappa shape index (κ3) is 5.35. The van der Waals surface area contributed by atoms with Crippen LogP contribution in [-0.2, 0) is 10.5 Å². The fraction of sp³-hybridized carbons (Fsp3) is 0.250. The number of carbonyl (C=O) groups excluding carboxylic acids is 1. The predicted molar refractivity (Wildman–Crippen MR) is 163 cm³/mol. The molecule has 3 aromatic rings. The van der Waals surface area contributed by atoms with Crippen LogP contribution in [0.1, 0.15) is 53.0 Å². The highest BCUT2D eigenvalue weighted by Gasteiger charge is 2.41. The molecule has 3 aromatic carbocycles. The Kier molecular flexibility index (Phi) is 7.94. The summed E-state index contributed by atoms with van der Waals surface area (Å²) in [6, 6.07) is 18.8. The van der Waals surface area contributed by atoms with E-state index < -0.39 is 10.8 Å². The molecule has 0 spiro atoms. The Morgan fingerprint density at radius 3 is 2.54 bits per heavy atom. The molecule has 0 fully saturated rings. The smallest absolute Gasteiger partial charge is 0.271 e. The van der Waals surface area contributed by atoms with Gasteiger partial charge in [-0.05, 0) is 80.1 Å². The Balaban J connectivity index is 1.66. The van der Waals surface area contributed by atoms with E-state index in [9.17, 15) is 20.2 Å². The monoisotopic (exact) mass is 584 g/mol. The van der Waals surface area contributed by atoms with Crippen LogP contribution in [0.15, 0.2) is 82.2 Å². The number of allylic oxidation sites excluding steroid dienone is 3. The minimum Gasteiger partial charge on any atom is -0.384 e. The number of nitriles is 1. The minimum absolute atomic E-state index is 0.0254. The summed E-state index contributed by atoms with van der Waals surface area (Å²) in [6.45, 7) is 5.88. The van der Waals surface area contributed by atoms with Gasteiger partial charge in [0.15, 0.2) is 5.78 Å². The quantitative estimate of drug-likeness (QED) is 0.179. The van der Waals surface area contributed by atoms with E-state index in [0.717, 1.165) is 32.7 Å². The Labute approximate surface area is 248 Å². The van der Waals surface area contributed by atoms with Gasteiger partial charge in [-0.1, -0.05) is 35.4 Å². The van der Waals surface area contributed by atoms with E-state index in [4.69, 9.17) is 17.3 Å². The normalized spacial score (nSPS) is 17.0. The van der Waals surface area contributed by atoms with Crippen molar-refractivity contribution in [3.63, 3.8) is 0 Å². The van der Waals surface area contributed by atoms with E-state index in [1.165, 1.54) is 12.1 Å². The number of carbonyl (C=O) groups is 1. The Hall–Kier alpha value is -4.06. The first kappa shape index (κ1) is 28.5. The lowest BCUT2D eigenvalue weighted by atomic mass is 9.73. The largest absolute Gasteiger partial charge is 0.384 e. The number of nitrogens with zero attached hydrogens (tertiary/aromatic N) is 3. The van der Waals surface area contributed by atoms with Crippen molar-refractivity contribution in [2.75, 3.05) is 4.90 Å². The van der Waals surface area contributed by atoms with Crippen molar-refractivity contribution < 1.29 is 9.72 Å². The number of nitro benzene ring substituents is 1. The summed E-state index contributed by atoms with van der Waals surface area (Å²) in [5, 5.41) is 22.8. The third-order valence-corrected chi connectivity index (χ3v) is 9.09. The van der Waals surface area contributed by atoms with Crippen LogP contribution in [0.25, 0.3) is 0 Å². The molecule has 1 heterocycles. The highest BCUT2D eigenvalue weighted by Crippen LogP contribution is 2.48. The molecule has 1 unspecified atom stereocenters. The zero-order chi connectivity index (χ0) is 29.4. The van der Waals surface area contributed by atoms with Crippen LogP contribution in [0.3, 0.4) is 0 Å². The average molecular weight is 585 g/mol. The highest BCUT2D eigenvalue weighted by atomic mass is 35.5. The zero-order valence-electron chi connectivity index (χ0n) is 23.0. The van der Waals surface area contributed by atoms with Crippen LogP contribution in [0.4, 0.5) is 11.4 Å². The lowest BCUT2D eigenvalue weighted by molar-refractivity contribution is -0.384. The standard InChI is InChI=1S/C32H29ClN4O3S/c1-18-13-21(17-41-24-11-8-22(33)9-12-24)20(3)25(14-18)30-26(16-34)32(35)36(27-5-4-6-29(38)31(27)30)28-15-23(37(39)40)10-7-19(28)2/h7-15,30H,4-6,17,35H2,1-3H3. The van der Waals surface area contributed by atoms with E-state index in [1.54, 1.807) is 22.7 Å². The maximum Gasteiger partial charge on any atom is 0.271 e. The molecule has 0 saturated heterocycles. The van der Waals surface area contributed by atoms with Gasteiger partial charge in [0.05, 0.1) is 28.2 Å². The number of nitrogens with two attached hydrogens (primary N) is 1.